The lowest BCUT2D eigenvalue weighted by atomic mass is 10.0. The summed E-state index contributed by atoms with van der Waals surface area (Å²) in [7, 11) is 0. The summed E-state index contributed by atoms with van der Waals surface area (Å²) >= 11 is 0. The normalized spacial score (nSPS) is 24.0. The lowest BCUT2D eigenvalue weighted by Gasteiger charge is -2.33. The second kappa shape index (κ2) is 8.97. The van der Waals surface area contributed by atoms with Gasteiger partial charge in [0.05, 0.1) is 38.1 Å². The van der Waals surface area contributed by atoms with Gasteiger partial charge in [-0.05, 0) is 24.5 Å². The fourth-order valence-electron chi connectivity index (χ4n) is 3.11. The van der Waals surface area contributed by atoms with Crippen LogP contribution in [0.1, 0.15) is 30.9 Å². The van der Waals surface area contributed by atoms with E-state index >= 15 is 0 Å². The van der Waals surface area contributed by atoms with Crippen LogP contribution in [-0.2, 0) is 27.4 Å². The Morgan fingerprint density at radius 1 is 0.875 bits per heavy atom. The van der Waals surface area contributed by atoms with Gasteiger partial charge in [-0.2, -0.15) is 0 Å². The second-order valence-electron chi connectivity index (χ2n) is 6.46. The molecule has 1 fully saturated rings. The number of hydrogen-bond donors (Lipinski definition) is 0. The van der Waals surface area contributed by atoms with Crippen LogP contribution in [0.25, 0.3) is 0 Å². The van der Waals surface area contributed by atoms with Crippen LogP contribution in [0.2, 0.25) is 0 Å². The van der Waals surface area contributed by atoms with Gasteiger partial charge in [-0.15, -0.1) is 0 Å². The van der Waals surface area contributed by atoms with Crippen molar-refractivity contribution in [1.82, 2.24) is 0 Å². The van der Waals surface area contributed by atoms with Gasteiger partial charge in [-0.1, -0.05) is 60.7 Å². The molecule has 0 amide bonds. The van der Waals surface area contributed by atoms with Crippen LogP contribution in [0.3, 0.4) is 0 Å². The molecule has 2 aromatic carbocycles. The van der Waals surface area contributed by atoms with Crippen LogP contribution in [0.5, 0.6) is 0 Å². The summed E-state index contributed by atoms with van der Waals surface area (Å²) in [4.78, 5) is 0. The minimum atomic E-state index is 0.109. The molecule has 0 N–H and O–H groups in total. The van der Waals surface area contributed by atoms with E-state index in [4.69, 9.17) is 14.2 Å². The largest absolute Gasteiger partial charge is 0.374 e. The standard InChI is InChI=1S/C21H26O3/c1-17-12-20(23-15-19-10-6-3-7-11-19)13-21(24-17)16-22-14-18-8-4-2-5-9-18/h2-11,17,20-21H,12-16H2,1H3/t17?,20-,21+/m1/s1. The molecule has 1 unspecified atom stereocenters. The first-order valence-corrected chi connectivity index (χ1v) is 8.72. The molecule has 1 aliphatic rings. The first-order valence-electron chi connectivity index (χ1n) is 8.72. The van der Waals surface area contributed by atoms with Crippen LogP contribution >= 0.6 is 0 Å². The molecule has 24 heavy (non-hydrogen) atoms. The van der Waals surface area contributed by atoms with E-state index < -0.39 is 0 Å². The van der Waals surface area contributed by atoms with Crippen molar-refractivity contribution in [3.8, 4) is 0 Å². The Morgan fingerprint density at radius 2 is 1.50 bits per heavy atom. The summed E-state index contributed by atoms with van der Waals surface area (Å²) in [6, 6.07) is 20.6. The molecule has 0 saturated carbocycles. The fraction of sp³-hybridized carbons (Fsp3) is 0.429. The lowest BCUT2D eigenvalue weighted by molar-refractivity contribution is -0.134. The molecule has 0 aromatic heterocycles. The number of ether oxygens (including phenoxy) is 3. The minimum Gasteiger partial charge on any atom is -0.374 e. The Balaban J connectivity index is 1.43. The zero-order valence-corrected chi connectivity index (χ0v) is 14.3. The molecule has 1 saturated heterocycles. The maximum Gasteiger partial charge on any atom is 0.0837 e. The molecule has 3 atom stereocenters. The zero-order chi connectivity index (χ0) is 16.6. The molecule has 128 valence electrons. The van der Waals surface area contributed by atoms with Crippen LogP contribution < -0.4 is 0 Å². The lowest BCUT2D eigenvalue weighted by Crippen LogP contribution is -2.38. The predicted molar refractivity (Wildman–Crippen MR) is 94.7 cm³/mol. The summed E-state index contributed by atoms with van der Waals surface area (Å²) in [6.07, 6.45) is 2.40. The molecule has 0 radical (unpaired) electrons. The van der Waals surface area contributed by atoms with Crippen molar-refractivity contribution in [1.29, 1.82) is 0 Å². The van der Waals surface area contributed by atoms with Gasteiger partial charge in [0.25, 0.3) is 0 Å². The summed E-state index contributed by atoms with van der Waals surface area (Å²) in [5, 5.41) is 0. The van der Waals surface area contributed by atoms with Crippen molar-refractivity contribution < 1.29 is 14.2 Å². The van der Waals surface area contributed by atoms with Crippen molar-refractivity contribution >= 4 is 0 Å². The molecule has 3 heteroatoms. The maximum atomic E-state index is 6.10. The van der Waals surface area contributed by atoms with Gasteiger partial charge >= 0.3 is 0 Å². The molecule has 3 nitrogen and oxygen atoms in total. The van der Waals surface area contributed by atoms with Crippen molar-refractivity contribution in [2.45, 2.75) is 51.3 Å². The molecule has 1 heterocycles. The van der Waals surface area contributed by atoms with Gasteiger partial charge in [0.2, 0.25) is 0 Å². The van der Waals surface area contributed by atoms with Crippen molar-refractivity contribution in [3.63, 3.8) is 0 Å². The smallest absolute Gasteiger partial charge is 0.0837 e. The third-order valence-corrected chi connectivity index (χ3v) is 4.29. The average Bonchev–Trinajstić information content (AvgIpc) is 2.61. The van der Waals surface area contributed by atoms with Crippen molar-refractivity contribution in [2.24, 2.45) is 0 Å². The summed E-state index contributed by atoms with van der Waals surface area (Å²) in [5.41, 5.74) is 2.41. The number of rotatable bonds is 7. The second-order valence-corrected chi connectivity index (χ2v) is 6.46. The van der Waals surface area contributed by atoms with Gasteiger partial charge in [-0.3, -0.25) is 0 Å². The Morgan fingerprint density at radius 3 is 2.17 bits per heavy atom. The van der Waals surface area contributed by atoms with Gasteiger partial charge in [0.15, 0.2) is 0 Å². The van der Waals surface area contributed by atoms with E-state index in [0.717, 1.165) is 12.8 Å². The minimum absolute atomic E-state index is 0.109. The first kappa shape index (κ1) is 17.2. The molecular weight excluding hydrogens is 300 g/mol. The van der Waals surface area contributed by atoms with E-state index in [2.05, 4.69) is 31.2 Å². The molecule has 3 rings (SSSR count). The maximum absolute atomic E-state index is 6.10. The highest BCUT2D eigenvalue weighted by molar-refractivity contribution is 5.14. The van der Waals surface area contributed by atoms with E-state index in [1.54, 1.807) is 0 Å². The van der Waals surface area contributed by atoms with E-state index in [0.29, 0.717) is 19.8 Å². The average molecular weight is 326 g/mol. The molecule has 0 bridgehead atoms. The van der Waals surface area contributed by atoms with Crippen LogP contribution in [-0.4, -0.2) is 24.9 Å². The fourth-order valence-corrected chi connectivity index (χ4v) is 3.11. The van der Waals surface area contributed by atoms with E-state index in [9.17, 15) is 0 Å². The predicted octanol–water partition coefficient (Wildman–Crippen LogP) is 4.36. The molecular formula is C21H26O3. The SMILES string of the molecule is CC1C[C@@H](OCc2ccccc2)C[C@@H](COCc2ccccc2)O1. The quantitative estimate of drug-likeness (QED) is 0.757. The monoisotopic (exact) mass is 326 g/mol. The molecule has 2 aromatic rings. The summed E-state index contributed by atoms with van der Waals surface area (Å²) < 4.78 is 17.9. The van der Waals surface area contributed by atoms with Gasteiger partial charge in [0.1, 0.15) is 0 Å². The van der Waals surface area contributed by atoms with Crippen LogP contribution in [0.15, 0.2) is 60.7 Å². The van der Waals surface area contributed by atoms with Gasteiger partial charge < -0.3 is 14.2 Å². The highest BCUT2D eigenvalue weighted by Crippen LogP contribution is 2.23. The number of hydrogen-bond acceptors (Lipinski definition) is 3. The molecule has 1 aliphatic heterocycles. The Kier molecular flexibility index (Phi) is 6.41. The van der Waals surface area contributed by atoms with Crippen LogP contribution in [0, 0.1) is 0 Å². The van der Waals surface area contributed by atoms with Crippen LogP contribution in [0.4, 0.5) is 0 Å². The van der Waals surface area contributed by atoms with Gasteiger partial charge in [0, 0.05) is 6.42 Å². The Labute approximate surface area is 144 Å². The topological polar surface area (TPSA) is 27.7 Å². The number of benzene rings is 2. The van der Waals surface area contributed by atoms with E-state index in [1.165, 1.54) is 11.1 Å². The van der Waals surface area contributed by atoms with Gasteiger partial charge in [-0.25, -0.2) is 0 Å². The third kappa shape index (κ3) is 5.45. The highest BCUT2D eigenvalue weighted by atomic mass is 16.5. The molecule has 0 aliphatic carbocycles. The molecule has 0 spiro atoms. The third-order valence-electron chi connectivity index (χ3n) is 4.29. The Bertz CT molecular complexity index is 585. The van der Waals surface area contributed by atoms with Crippen molar-refractivity contribution in [3.05, 3.63) is 71.8 Å². The van der Waals surface area contributed by atoms with Crippen molar-refractivity contribution in [2.75, 3.05) is 6.61 Å². The zero-order valence-electron chi connectivity index (χ0n) is 14.3. The summed E-state index contributed by atoms with van der Waals surface area (Å²) in [5.74, 6) is 0. The first-order chi connectivity index (χ1) is 11.8. The highest BCUT2D eigenvalue weighted by Gasteiger charge is 2.27. The Hall–Kier alpha value is -1.68. The van der Waals surface area contributed by atoms with E-state index in [-0.39, 0.29) is 18.3 Å². The summed E-state index contributed by atoms with van der Waals surface area (Å²) in [6.45, 7) is 4.02. The van der Waals surface area contributed by atoms with E-state index in [1.807, 2.05) is 36.4 Å².